The van der Waals surface area contributed by atoms with Crippen LogP contribution in [0.1, 0.15) is 64.0 Å². The van der Waals surface area contributed by atoms with Crippen molar-refractivity contribution in [2.24, 2.45) is 7.05 Å². The van der Waals surface area contributed by atoms with Crippen molar-refractivity contribution in [3.05, 3.63) is 11.9 Å². The van der Waals surface area contributed by atoms with Gasteiger partial charge in [-0.25, -0.2) is 0 Å². The van der Waals surface area contributed by atoms with Crippen molar-refractivity contribution >= 4 is 0 Å². The summed E-state index contributed by atoms with van der Waals surface area (Å²) in [4.78, 5) is 0. The third-order valence-electron chi connectivity index (χ3n) is 4.16. The molecular weight excluding hydrogens is 278 g/mol. The summed E-state index contributed by atoms with van der Waals surface area (Å²) in [5.41, 5.74) is 1.13. The number of epoxide rings is 1. The second-order valence-electron chi connectivity index (χ2n) is 6.34. The van der Waals surface area contributed by atoms with E-state index in [1.54, 1.807) is 0 Å². The van der Waals surface area contributed by atoms with E-state index < -0.39 is 0 Å². The Morgan fingerprint density at radius 3 is 2.59 bits per heavy atom. The normalized spacial score (nSPS) is 17.1. The largest absolute Gasteiger partial charge is 0.371 e. The Bertz CT molecular complexity index is 416. The van der Waals surface area contributed by atoms with Crippen molar-refractivity contribution < 1.29 is 14.2 Å². The van der Waals surface area contributed by atoms with Gasteiger partial charge in [0.15, 0.2) is 11.9 Å². The number of aromatic nitrogens is 3. The van der Waals surface area contributed by atoms with Gasteiger partial charge in [0.2, 0.25) is 0 Å². The summed E-state index contributed by atoms with van der Waals surface area (Å²) in [6, 6.07) is 0. The van der Waals surface area contributed by atoms with Crippen molar-refractivity contribution in [1.29, 1.82) is 0 Å². The molecule has 0 saturated carbocycles. The molecule has 2 rings (SSSR count). The minimum atomic E-state index is 0.331. The first kappa shape index (κ1) is 17.4. The van der Waals surface area contributed by atoms with E-state index in [0.717, 1.165) is 18.8 Å². The zero-order valence-corrected chi connectivity index (χ0v) is 14.3. The molecule has 5 nitrogen and oxygen atoms in total. The molecular formula is C17H32N3O2+. The van der Waals surface area contributed by atoms with E-state index in [2.05, 4.69) is 18.3 Å². The van der Waals surface area contributed by atoms with Crippen LogP contribution in [0.3, 0.4) is 0 Å². The Kier molecular flexibility index (Phi) is 7.88. The molecule has 1 aliphatic rings. The Labute approximate surface area is 134 Å². The lowest BCUT2D eigenvalue weighted by molar-refractivity contribution is -0.755. The van der Waals surface area contributed by atoms with E-state index in [4.69, 9.17) is 9.47 Å². The summed E-state index contributed by atoms with van der Waals surface area (Å²) in [7, 11) is 1.98. The fourth-order valence-corrected chi connectivity index (χ4v) is 2.62. The molecule has 0 N–H and O–H groups in total. The average molecular weight is 310 g/mol. The minimum Gasteiger partial charge on any atom is -0.371 e. The van der Waals surface area contributed by atoms with E-state index in [0.29, 0.717) is 19.3 Å². The Morgan fingerprint density at radius 2 is 1.91 bits per heavy atom. The molecule has 0 aliphatic carbocycles. The van der Waals surface area contributed by atoms with Gasteiger partial charge in [0.25, 0.3) is 0 Å². The Hall–Kier alpha value is -0.940. The monoisotopic (exact) mass is 310 g/mol. The summed E-state index contributed by atoms with van der Waals surface area (Å²) in [5.74, 6) is 0. The summed E-state index contributed by atoms with van der Waals surface area (Å²) in [6.45, 7) is 5.44. The first-order valence-corrected chi connectivity index (χ1v) is 8.91. The zero-order chi connectivity index (χ0) is 15.6. The number of aryl methyl sites for hydroxylation is 2. The quantitative estimate of drug-likeness (QED) is 0.320. The first-order valence-electron chi connectivity index (χ1n) is 8.91. The number of hydrogen-bond acceptors (Lipinski definition) is 3. The molecule has 0 spiro atoms. The van der Waals surface area contributed by atoms with Crippen LogP contribution in [-0.2, 0) is 29.7 Å². The summed E-state index contributed by atoms with van der Waals surface area (Å²) in [5, 5.41) is 4.50. The van der Waals surface area contributed by atoms with Crippen LogP contribution in [0.15, 0.2) is 6.20 Å². The predicted octanol–water partition coefficient (Wildman–Crippen LogP) is 2.76. The van der Waals surface area contributed by atoms with Gasteiger partial charge in [0, 0.05) is 0 Å². The third-order valence-corrected chi connectivity index (χ3v) is 4.16. The van der Waals surface area contributed by atoms with Gasteiger partial charge in [-0.3, -0.25) is 0 Å². The maximum absolute atomic E-state index is 5.63. The van der Waals surface area contributed by atoms with Gasteiger partial charge in [-0.15, -0.1) is 9.36 Å². The van der Waals surface area contributed by atoms with Gasteiger partial charge in [-0.2, -0.15) is 0 Å². The second kappa shape index (κ2) is 9.95. The lowest BCUT2D eigenvalue weighted by Crippen LogP contribution is -2.35. The van der Waals surface area contributed by atoms with Crippen LogP contribution in [0.5, 0.6) is 0 Å². The van der Waals surface area contributed by atoms with Gasteiger partial charge in [0.05, 0.1) is 18.4 Å². The minimum absolute atomic E-state index is 0.331. The van der Waals surface area contributed by atoms with E-state index >= 15 is 0 Å². The summed E-state index contributed by atoms with van der Waals surface area (Å²) < 4.78 is 14.7. The molecule has 1 aromatic rings. The van der Waals surface area contributed by atoms with Crippen molar-refractivity contribution in [2.75, 3.05) is 13.2 Å². The first-order chi connectivity index (χ1) is 10.8. The Balaban J connectivity index is 1.53. The molecule has 5 heteroatoms. The molecule has 126 valence electrons. The predicted molar refractivity (Wildman–Crippen MR) is 85.4 cm³/mol. The van der Waals surface area contributed by atoms with Crippen LogP contribution in [0.4, 0.5) is 0 Å². The number of rotatable bonds is 13. The molecule has 0 radical (unpaired) electrons. The molecule has 2 heterocycles. The van der Waals surface area contributed by atoms with Gasteiger partial charge >= 0.3 is 0 Å². The summed E-state index contributed by atoms with van der Waals surface area (Å²) in [6.07, 6.45) is 13.2. The van der Waals surface area contributed by atoms with Crippen molar-refractivity contribution in [3.8, 4) is 0 Å². The van der Waals surface area contributed by atoms with Crippen LogP contribution in [0.2, 0.25) is 0 Å². The zero-order valence-electron chi connectivity index (χ0n) is 14.3. The fraction of sp³-hybridized carbons (Fsp3) is 0.882. The smallest absolute Gasteiger partial charge is 0.192 e. The molecule has 1 aromatic heterocycles. The second-order valence-corrected chi connectivity index (χ2v) is 6.34. The van der Waals surface area contributed by atoms with Gasteiger partial charge in [0.1, 0.15) is 26.3 Å². The maximum atomic E-state index is 5.63. The summed E-state index contributed by atoms with van der Waals surface area (Å²) >= 11 is 0. The molecule has 22 heavy (non-hydrogen) atoms. The van der Waals surface area contributed by atoms with Gasteiger partial charge in [-0.1, -0.05) is 45.4 Å². The molecule has 1 aliphatic heterocycles. The Morgan fingerprint density at radius 1 is 1.23 bits per heavy atom. The maximum Gasteiger partial charge on any atom is 0.192 e. The number of unbranched alkanes of at least 4 members (excludes halogenated alkanes) is 7. The van der Waals surface area contributed by atoms with Gasteiger partial charge < -0.3 is 9.47 Å². The van der Waals surface area contributed by atoms with E-state index in [1.807, 2.05) is 16.4 Å². The molecule has 1 atom stereocenters. The van der Waals surface area contributed by atoms with Gasteiger partial charge in [-0.05, 0) is 12.8 Å². The highest BCUT2D eigenvalue weighted by Gasteiger charge is 2.23. The van der Waals surface area contributed by atoms with Crippen LogP contribution in [-0.4, -0.2) is 29.2 Å². The molecule has 0 bridgehead atoms. The SMILES string of the molecule is CCCCCCCCCC[n+]1cc(COCC2CO2)n(C)n1. The lowest BCUT2D eigenvalue weighted by atomic mass is 10.1. The van der Waals surface area contributed by atoms with Crippen LogP contribution >= 0.6 is 0 Å². The van der Waals surface area contributed by atoms with E-state index in [1.165, 1.54) is 51.4 Å². The number of ether oxygens (including phenoxy) is 2. The van der Waals surface area contributed by atoms with Crippen LogP contribution in [0.25, 0.3) is 0 Å². The molecule has 1 saturated heterocycles. The third kappa shape index (κ3) is 6.88. The number of hydrogen-bond donors (Lipinski definition) is 0. The number of nitrogens with zero attached hydrogens (tertiary/aromatic N) is 3. The van der Waals surface area contributed by atoms with Crippen LogP contribution < -0.4 is 4.68 Å². The van der Waals surface area contributed by atoms with Crippen molar-refractivity contribution in [2.45, 2.75) is 77.5 Å². The molecule has 0 aromatic carbocycles. The highest BCUT2D eigenvalue weighted by Crippen LogP contribution is 2.10. The topological polar surface area (TPSA) is 43.5 Å². The molecule has 1 unspecified atom stereocenters. The highest BCUT2D eigenvalue weighted by molar-refractivity contribution is 4.87. The van der Waals surface area contributed by atoms with Crippen LogP contribution in [0, 0.1) is 0 Å². The van der Waals surface area contributed by atoms with Crippen molar-refractivity contribution in [1.82, 2.24) is 9.90 Å². The lowest BCUT2D eigenvalue weighted by Gasteiger charge is -1.99. The van der Waals surface area contributed by atoms with E-state index in [-0.39, 0.29) is 0 Å². The standard InChI is InChI=1S/C17H32N3O2/c1-3-4-5-6-7-8-9-10-11-20-12-16(19(2)18-20)13-21-14-17-15-22-17/h12,17H,3-11,13-15H2,1-2H3/q+1. The average Bonchev–Trinajstić information content (AvgIpc) is 3.26. The fourth-order valence-electron chi connectivity index (χ4n) is 2.62. The van der Waals surface area contributed by atoms with E-state index in [9.17, 15) is 0 Å². The molecule has 1 fully saturated rings. The highest BCUT2D eigenvalue weighted by atomic mass is 16.6. The molecule has 0 amide bonds. The van der Waals surface area contributed by atoms with Crippen molar-refractivity contribution in [3.63, 3.8) is 0 Å².